The third kappa shape index (κ3) is 4.66. The molecular weight excluding hydrogens is 253 g/mol. The Balaban J connectivity index is 0.00000220. The molecule has 0 aliphatic heterocycles. The quantitative estimate of drug-likeness (QED) is 0.592. The maximum atomic E-state index is 5.39. The predicted octanol–water partition coefficient (Wildman–Crippen LogP) is 1.64. The second-order valence-electron chi connectivity index (χ2n) is 6.05. The van der Waals surface area contributed by atoms with Gasteiger partial charge in [0.25, 0.3) is 0 Å². The van der Waals surface area contributed by atoms with Crippen LogP contribution in [0, 0.1) is 5.41 Å². The van der Waals surface area contributed by atoms with E-state index in [9.17, 15) is 0 Å². The molecule has 0 N–H and O–H groups in total. The van der Waals surface area contributed by atoms with Crippen LogP contribution in [0.15, 0.2) is 53.8 Å². The van der Waals surface area contributed by atoms with Crippen LogP contribution >= 0.6 is 0 Å². The molecule has 2 nitrogen and oxygen atoms in total. The van der Waals surface area contributed by atoms with Gasteiger partial charge < -0.3 is 10.1 Å². The van der Waals surface area contributed by atoms with Crippen molar-refractivity contribution < 1.29 is 23.6 Å². The maximum absolute atomic E-state index is 5.39. The summed E-state index contributed by atoms with van der Waals surface area (Å²) < 4.78 is 5.39. The van der Waals surface area contributed by atoms with Crippen LogP contribution in [0.2, 0.25) is 0 Å². The van der Waals surface area contributed by atoms with Crippen LogP contribution in [0.3, 0.4) is 0 Å². The molecule has 1 aliphatic carbocycles. The topological polar surface area (TPSA) is 23.3 Å². The van der Waals surface area contributed by atoms with Crippen LogP contribution in [0.4, 0.5) is 0 Å². The van der Waals surface area contributed by atoms with E-state index in [2.05, 4.69) is 38.6 Å². The van der Waals surface area contributed by atoms with E-state index in [-0.39, 0.29) is 30.3 Å². The summed E-state index contributed by atoms with van der Waals surface area (Å²) in [5, 5.41) is 4.91. The van der Waals surface area contributed by atoms with E-state index in [1.807, 2.05) is 30.4 Å². The van der Waals surface area contributed by atoms with Gasteiger partial charge in [0.05, 0.1) is 7.11 Å². The van der Waals surface area contributed by atoms with E-state index < -0.39 is 0 Å². The fraction of sp³-hybridized carbons (Fsp3) is 0.389. The second-order valence-corrected chi connectivity index (χ2v) is 6.05. The zero-order chi connectivity index (χ0) is 14.6. The molecule has 0 saturated heterocycles. The number of para-hydroxylation sites is 1. The normalized spacial score (nSPS) is 14.6. The van der Waals surface area contributed by atoms with Crippen LogP contribution in [0.1, 0.15) is 26.3 Å². The van der Waals surface area contributed by atoms with Crippen LogP contribution < -0.4 is 23.6 Å². The zero-order valence-electron chi connectivity index (χ0n) is 13.7. The summed E-state index contributed by atoms with van der Waals surface area (Å²) in [6, 6.07) is 8.19. The summed E-state index contributed by atoms with van der Waals surface area (Å²) >= 11 is 0. The Kier molecular flexibility index (Phi) is 6.59. The van der Waals surface area contributed by atoms with Crippen molar-refractivity contribution in [2.45, 2.75) is 33.4 Å². The number of ether oxygens (including phenoxy) is 1. The fourth-order valence-corrected chi connectivity index (χ4v) is 2.38. The van der Waals surface area contributed by atoms with Gasteiger partial charge in [-0.15, -0.1) is 12.3 Å². The summed E-state index contributed by atoms with van der Waals surface area (Å²) in [6.45, 7) is 7.30. The van der Waals surface area contributed by atoms with Crippen molar-refractivity contribution in [1.29, 1.82) is 0 Å². The number of hydrogen-bond donors (Lipinski definition) is 0. The number of rotatable bonds is 5. The van der Waals surface area contributed by atoms with E-state index >= 15 is 0 Å². The second kappa shape index (κ2) is 7.73. The molecule has 0 spiro atoms. The standard InChI is InChI=1S/C18H22NO.Li/c1-18(2,3)17(14-9-5-6-10-14)19-13-15-11-7-8-12-16(15)20-4;/h5-9,11-12,17H,13H2,1-4H3;/q-1;+1. The Hall–Kier alpha value is -1.16. The molecule has 0 bridgehead atoms. The van der Waals surface area contributed by atoms with E-state index in [0.29, 0.717) is 6.54 Å². The molecular formula is C18H22LiNO. The largest absolute Gasteiger partial charge is 1.00 e. The van der Waals surface area contributed by atoms with Gasteiger partial charge in [-0.1, -0.05) is 57.2 Å². The molecule has 0 heterocycles. The minimum absolute atomic E-state index is 0. The number of methoxy groups -OCH3 is 1. The van der Waals surface area contributed by atoms with Crippen molar-refractivity contribution in [3.63, 3.8) is 0 Å². The van der Waals surface area contributed by atoms with Gasteiger partial charge in [0, 0.05) is 0 Å². The van der Waals surface area contributed by atoms with E-state index in [4.69, 9.17) is 10.1 Å². The SMILES string of the molecule is COc1ccccc1C[N-]C(C1=C=CC=C1)C(C)(C)C.[Li+]. The average molecular weight is 275 g/mol. The third-order valence-electron chi connectivity index (χ3n) is 3.37. The first-order valence-corrected chi connectivity index (χ1v) is 6.94. The fourth-order valence-electron chi connectivity index (χ4n) is 2.38. The molecule has 2 rings (SSSR count). The van der Waals surface area contributed by atoms with Crippen molar-refractivity contribution in [3.05, 3.63) is 64.7 Å². The molecule has 0 amide bonds. The minimum atomic E-state index is 0. The van der Waals surface area contributed by atoms with Gasteiger partial charge in [-0.05, 0) is 28.7 Å². The number of benzene rings is 1. The van der Waals surface area contributed by atoms with E-state index in [0.717, 1.165) is 16.9 Å². The van der Waals surface area contributed by atoms with Crippen LogP contribution in [0.25, 0.3) is 5.32 Å². The summed E-state index contributed by atoms with van der Waals surface area (Å²) in [7, 11) is 1.70. The number of allylic oxidation sites excluding steroid dienone is 1. The van der Waals surface area contributed by atoms with E-state index in [1.54, 1.807) is 7.11 Å². The maximum Gasteiger partial charge on any atom is 1.00 e. The van der Waals surface area contributed by atoms with Crippen molar-refractivity contribution in [2.75, 3.05) is 7.11 Å². The number of nitrogens with zero attached hydrogens (tertiary/aromatic N) is 1. The van der Waals surface area contributed by atoms with Gasteiger partial charge in [-0.25, -0.2) is 0 Å². The van der Waals surface area contributed by atoms with Gasteiger partial charge in [-0.3, -0.25) is 0 Å². The molecule has 0 saturated carbocycles. The van der Waals surface area contributed by atoms with Crippen molar-refractivity contribution in [1.82, 2.24) is 0 Å². The first-order valence-electron chi connectivity index (χ1n) is 6.94. The number of hydrogen-bond acceptors (Lipinski definition) is 1. The molecule has 1 aromatic carbocycles. The van der Waals surface area contributed by atoms with Crippen LogP contribution in [-0.2, 0) is 6.54 Å². The molecule has 0 fully saturated rings. The van der Waals surface area contributed by atoms with E-state index in [1.165, 1.54) is 0 Å². The van der Waals surface area contributed by atoms with Gasteiger partial charge in [0.15, 0.2) is 0 Å². The van der Waals surface area contributed by atoms with Gasteiger partial charge in [0.2, 0.25) is 0 Å². The zero-order valence-corrected chi connectivity index (χ0v) is 13.7. The van der Waals surface area contributed by atoms with Gasteiger partial charge >= 0.3 is 18.9 Å². The molecule has 1 atom stereocenters. The Morgan fingerprint density at radius 1 is 1.24 bits per heavy atom. The monoisotopic (exact) mass is 275 g/mol. The Morgan fingerprint density at radius 3 is 2.52 bits per heavy atom. The summed E-state index contributed by atoms with van der Waals surface area (Å²) in [6.07, 6.45) is 6.07. The summed E-state index contributed by atoms with van der Waals surface area (Å²) in [5.74, 6) is 0.899. The molecule has 106 valence electrons. The molecule has 0 aromatic heterocycles. The first kappa shape index (κ1) is 17.9. The van der Waals surface area contributed by atoms with Gasteiger partial charge in [0.1, 0.15) is 5.75 Å². The third-order valence-corrected chi connectivity index (χ3v) is 3.37. The smallest absolute Gasteiger partial charge is 0.651 e. The van der Waals surface area contributed by atoms with Gasteiger partial charge in [-0.2, -0.15) is 0 Å². The minimum Gasteiger partial charge on any atom is -0.651 e. The Morgan fingerprint density at radius 2 is 1.95 bits per heavy atom. The first-order chi connectivity index (χ1) is 9.52. The molecule has 21 heavy (non-hydrogen) atoms. The molecule has 1 aliphatic rings. The molecule has 1 unspecified atom stereocenters. The Bertz CT molecular complexity index is 563. The summed E-state index contributed by atoms with van der Waals surface area (Å²) in [5.41, 5.74) is 5.64. The summed E-state index contributed by atoms with van der Waals surface area (Å²) in [4.78, 5) is 0. The van der Waals surface area contributed by atoms with Crippen LogP contribution in [-0.4, -0.2) is 13.2 Å². The average Bonchev–Trinajstić information content (AvgIpc) is 2.91. The van der Waals surface area contributed by atoms with Crippen molar-refractivity contribution >= 4 is 0 Å². The van der Waals surface area contributed by atoms with Crippen molar-refractivity contribution in [2.24, 2.45) is 5.41 Å². The van der Waals surface area contributed by atoms with Crippen molar-refractivity contribution in [3.8, 4) is 5.75 Å². The van der Waals surface area contributed by atoms with Crippen LogP contribution in [0.5, 0.6) is 5.75 Å². The molecule has 3 heteroatoms. The predicted molar refractivity (Wildman–Crippen MR) is 84.0 cm³/mol. The molecule has 0 radical (unpaired) electrons. The molecule has 1 aromatic rings. The Labute approximate surface area is 140 Å².